The molecule has 1 unspecified atom stereocenters. The van der Waals surface area contributed by atoms with Crippen molar-refractivity contribution in [3.05, 3.63) is 203 Å². The molecule has 574 valence electrons. The van der Waals surface area contributed by atoms with Crippen molar-refractivity contribution in [2.75, 3.05) is 92.4 Å². The Morgan fingerprint density at radius 3 is 1.08 bits per heavy atom. The zero-order chi connectivity index (χ0) is 76.2. The van der Waals surface area contributed by atoms with Gasteiger partial charge in [0.15, 0.2) is 0 Å². The Morgan fingerprint density at radius 2 is 0.780 bits per heavy atom. The fourth-order valence-electron chi connectivity index (χ4n) is 16.5. The molecule has 0 bridgehead atoms. The molecule has 6 aliphatic rings. The summed E-state index contributed by atoms with van der Waals surface area (Å²) in [7, 11) is 1.54. The molecule has 17 rings (SSSR count). The number of carbonyl (C=O) groups excluding carboxylic acids is 5. The molecule has 6 aromatic heterocycles. The van der Waals surface area contributed by atoms with Crippen molar-refractivity contribution in [2.24, 2.45) is 5.92 Å². The number of amides is 5. The molecule has 5 amide bonds. The highest BCUT2D eigenvalue weighted by Gasteiger charge is 2.34. The summed E-state index contributed by atoms with van der Waals surface area (Å²) in [5.41, 5.74) is 10.5. The second kappa shape index (κ2) is 35.4. The number of likely N-dealkylation sites (tertiary alicyclic amines) is 5. The van der Waals surface area contributed by atoms with Gasteiger partial charge in [0, 0.05) is 183 Å². The molecule has 6 aliphatic heterocycles. The SMILES string of the molecule is CCC(=O)N1CCC(c2c[nH]c3cc(F)ccc23)CC1.COCC(=O)N1CCC(c2c[nH]c3cc(F)ccc23)CC1.O=C(C(F)F)N1CCC(c2c[nH]c3cc(F)ccc23)CC1.O=C(C1CCOC1)N1CCC(c2c[nH]c3cc(F)ccc23)CC1.O=C(c1cnccn1)N1CCC(c2c[nH]c3cc(F)ccc23)CC1. The monoisotopic (exact) mass is 1500 g/mol. The van der Waals surface area contributed by atoms with Crippen molar-refractivity contribution in [1.29, 1.82) is 0 Å². The predicted molar refractivity (Wildman–Crippen MR) is 403 cm³/mol. The Labute approximate surface area is 626 Å². The first-order chi connectivity index (χ1) is 52.9. The van der Waals surface area contributed by atoms with Crippen LogP contribution in [0.5, 0.6) is 0 Å². The second-order valence-corrected chi connectivity index (χ2v) is 29.0. The summed E-state index contributed by atoms with van der Waals surface area (Å²) in [5, 5.41) is 5.30. The average molecular weight is 1500 g/mol. The zero-order valence-corrected chi connectivity index (χ0v) is 61.1. The van der Waals surface area contributed by atoms with E-state index in [-0.39, 0.29) is 71.2 Å². The van der Waals surface area contributed by atoms with E-state index in [2.05, 4.69) is 34.9 Å². The van der Waals surface area contributed by atoms with Gasteiger partial charge in [0.25, 0.3) is 11.8 Å². The molecular weight excluding hydrogens is 1410 g/mol. The van der Waals surface area contributed by atoms with Crippen molar-refractivity contribution in [3.63, 3.8) is 0 Å². The number of hydrogen-bond acceptors (Lipinski definition) is 9. The minimum atomic E-state index is -2.93. The Morgan fingerprint density at radius 1 is 0.450 bits per heavy atom. The lowest BCUT2D eigenvalue weighted by Crippen LogP contribution is -2.41. The van der Waals surface area contributed by atoms with Gasteiger partial charge in [0.05, 0.1) is 18.7 Å². The summed E-state index contributed by atoms with van der Waals surface area (Å²) in [6.45, 7) is 10.1. The Bertz CT molecular complexity index is 4940. The predicted octanol–water partition coefficient (Wildman–Crippen LogP) is 15.5. The summed E-state index contributed by atoms with van der Waals surface area (Å²) in [5.74, 6) is 0.122. The summed E-state index contributed by atoms with van der Waals surface area (Å²) in [6.07, 6.45) is 21.7. The number of ether oxygens (including phenoxy) is 2. The van der Waals surface area contributed by atoms with E-state index in [0.29, 0.717) is 88.0 Å². The van der Waals surface area contributed by atoms with Gasteiger partial charge >= 0.3 is 6.43 Å². The number of aromatic amines is 5. The van der Waals surface area contributed by atoms with Crippen molar-refractivity contribution >= 4 is 84.1 Å². The van der Waals surface area contributed by atoms with Crippen LogP contribution in [0.25, 0.3) is 54.5 Å². The minimum absolute atomic E-state index is 0.0527. The van der Waals surface area contributed by atoms with E-state index in [4.69, 9.17) is 9.47 Å². The molecule has 0 aliphatic carbocycles. The van der Waals surface area contributed by atoms with Gasteiger partial charge in [-0.15, -0.1) is 0 Å². The van der Waals surface area contributed by atoms with Crippen molar-refractivity contribution in [2.45, 2.75) is 120 Å². The number of rotatable bonds is 11. The standard InChI is InChI=1S/C18H17FN4O.C18H21FN2O2.C16H19FN2O2.C16H19FN2O.C15H15F3N2O/c19-13-1-2-14-15(10-22-16(14)9-13)12-3-7-23(8-4-12)18(24)17-11-20-5-6-21-17;19-14-1-2-15-16(10-20-17(15)9-14)12-3-6-21(7-4-12)18(22)13-5-8-23-11-13;1-21-10-16(20)19-6-4-11(5-7-19)14-9-18-15-8-12(17)2-3-13(14)15;1-2-16(20)19-7-5-11(6-8-19)14-10-18-15-9-12(17)3-4-13(14)15;16-10-1-2-11-12(8-19-13(11)7-10)9-3-5-20(6-4-9)15(21)14(17)18/h1-2,5-6,9-12,22H,3-4,7-8H2;1-2,9-10,12-13,20H,3-8,11H2;2-3,8-9,11,18H,4-7,10H2,1H3;3-4,9-11,18H,2,5-8H2,1H3;1-2,7-9,14,19H,3-6H2. The van der Waals surface area contributed by atoms with Crippen LogP contribution in [-0.2, 0) is 28.7 Å². The number of methoxy groups -OCH3 is 1. The number of fused-ring (bicyclic) bond motifs is 5. The minimum Gasteiger partial charge on any atom is -0.381 e. The normalized spacial score (nSPS) is 17.8. The highest BCUT2D eigenvalue weighted by molar-refractivity contribution is 5.92. The fraction of sp³-hybridized carbons (Fsp3) is 0.410. The number of piperidine rings is 5. The summed E-state index contributed by atoms with van der Waals surface area (Å²) in [4.78, 5) is 92.1. The quantitative estimate of drug-likeness (QED) is 0.0776. The van der Waals surface area contributed by atoms with Gasteiger partial charge in [0.1, 0.15) is 41.4 Å². The lowest BCUT2D eigenvalue weighted by atomic mass is 9.88. The molecular formula is C83H91F7N12O7. The first kappa shape index (κ1) is 76.8. The maximum absolute atomic E-state index is 13.3. The van der Waals surface area contributed by atoms with Gasteiger partial charge in [-0.2, -0.15) is 8.78 Å². The van der Waals surface area contributed by atoms with E-state index in [1.807, 2.05) is 81.8 Å². The van der Waals surface area contributed by atoms with Crippen LogP contribution in [0.3, 0.4) is 0 Å². The summed E-state index contributed by atoms with van der Waals surface area (Å²) >= 11 is 0. The number of nitrogens with zero attached hydrogens (tertiary/aromatic N) is 7. The second-order valence-electron chi connectivity index (χ2n) is 29.0. The largest absolute Gasteiger partial charge is 0.381 e. The molecule has 12 heterocycles. The lowest BCUT2D eigenvalue weighted by molar-refractivity contribution is -0.144. The highest BCUT2D eigenvalue weighted by atomic mass is 19.3. The third-order valence-corrected chi connectivity index (χ3v) is 22.5. The number of benzene rings is 5. The van der Waals surface area contributed by atoms with Gasteiger partial charge in [-0.3, -0.25) is 29.0 Å². The Balaban J connectivity index is 0.000000120. The summed E-state index contributed by atoms with van der Waals surface area (Å²) in [6, 6.07) is 24.1. The van der Waals surface area contributed by atoms with E-state index in [9.17, 15) is 54.7 Å². The van der Waals surface area contributed by atoms with Crippen molar-refractivity contribution < 1.29 is 64.2 Å². The first-order valence-electron chi connectivity index (χ1n) is 37.7. The molecule has 0 saturated carbocycles. The maximum atomic E-state index is 13.3. The molecule has 0 radical (unpaired) electrons. The number of halogens is 7. The van der Waals surface area contributed by atoms with Crippen LogP contribution in [0.2, 0.25) is 0 Å². The van der Waals surface area contributed by atoms with E-state index < -0.39 is 12.3 Å². The van der Waals surface area contributed by atoms with Crippen LogP contribution >= 0.6 is 0 Å². The van der Waals surface area contributed by atoms with Crippen LogP contribution in [-0.4, -0.2) is 188 Å². The third kappa shape index (κ3) is 18.2. The van der Waals surface area contributed by atoms with Gasteiger partial charge < -0.3 is 58.9 Å². The van der Waals surface area contributed by atoms with Gasteiger partial charge in [-0.05, 0) is 219 Å². The van der Waals surface area contributed by atoms with E-state index in [1.54, 1.807) is 12.3 Å². The van der Waals surface area contributed by atoms with Crippen LogP contribution in [0.15, 0.2) is 141 Å². The lowest BCUT2D eigenvalue weighted by Gasteiger charge is -2.33. The average Bonchev–Trinajstić information content (AvgIpc) is 1.70. The first-order valence-corrected chi connectivity index (χ1v) is 37.7. The fourth-order valence-corrected chi connectivity index (χ4v) is 16.5. The Kier molecular flexibility index (Phi) is 24.9. The van der Waals surface area contributed by atoms with Crippen LogP contribution in [0.4, 0.5) is 30.7 Å². The number of H-pyrrole nitrogens is 5. The third-order valence-electron chi connectivity index (χ3n) is 22.5. The van der Waals surface area contributed by atoms with E-state index in [1.165, 1.54) is 107 Å². The molecule has 19 nitrogen and oxygen atoms in total. The van der Waals surface area contributed by atoms with Crippen molar-refractivity contribution in [1.82, 2.24) is 59.4 Å². The number of nitrogens with one attached hydrogen (secondary N) is 5. The molecule has 5 aromatic carbocycles. The van der Waals surface area contributed by atoms with E-state index >= 15 is 0 Å². The van der Waals surface area contributed by atoms with Gasteiger partial charge in [-0.1, -0.05) is 6.92 Å². The number of alkyl halides is 2. The topological polar surface area (TPSA) is 225 Å². The van der Waals surface area contributed by atoms with Crippen LogP contribution in [0.1, 0.15) is 152 Å². The number of carbonyl (C=O) groups is 5. The van der Waals surface area contributed by atoms with Gasteiger partial charge in [0.2, 0.25) is 17.7 Å². The molecule has 6 saturated heterocycles. The molecule has 109 heavy (non-hydrogen) atoms. The number of hydrogen-bond donors (Lipinski definition) is 5. The molecule has 1 atom stereocenters. The van der Waals surface area contributed by atoms with Gasteiger partial charge in [-0.25, -0.2) is 26.9 Å². The van der Waals surface area contributed by atoms with E-state index in [0.717, 1.165) is 157 Å². The molecule has 11 aromatic rings. The Hall–Kier alpha value is -10.3. The highest BCUT2D eigenvalue weighted by Crippen LogP contribution is 2.40. The molecule has 26 heteroatoms. The molecule has 5 N–H and O–H groups in total. The smallest absolute Gasteiger partial charge is 0.315 e. The molecule has 0 spiro atoms. The summed E-state index contributed by atoms with van der Waals surface area (Å²) < 4.78 is 101. The molecule has 6 fully saturated rings. The van der Waals surface area contributed by atoms with Crippen LogP contribution in [0, 0.1) is 35.0 Å². The van der Waals surface area contributed by atoms with Crippen molar-refractivity contribution in [3.8, 4) is 0 Å². The van der Waals surface area contributed by atoms with Crippen LogP contribution < -0.4 is 0 Å². The zero-order valence-electron chi connectivity index (χ0n) is 61.1. The maximum Gasteiger partial charge on any atom is 0.315 e. The number of aromatic nitrogens is 7.